The summed E-state index contributed by atoms with van der Waals surface area (Å²) < 4.78 is 13.7. The molecule has 0 saturated carbocycles. The summed E-state index contributed by atoms with van der Waals surface area (Å²) in [6.07, 6.45) is 1.96. The van der Waals surface area contributed by atoms with E-state index < -0.39 is 5.95 Å². The average Bonchev–Trinajstić information content (AvgIpc) is 2.43. The highest BCUT2D eigenvalue weighted by molar-refractivity contribution is 6.30. The summed E-state index contributed by atoms with van der Waals surface area (Å²) in [4.78, 5) is 24.6. The number of pyridine rings is 1. The minimum absolute atomic E-state index is 0.119. The molecular weight excluding hydrogens is 295 g/mol. The van der Waals surface area contributed by atoms with Gasteiger partial charge in [-0.1, -0.05) is 11.6 Å². The van der Waals surface area contributed by atoms with Crippen LogP contribution >= 0.6 is 11.6 Å². The molecule has 1 N–H and O–H groups in total. The van der Waals surface area contributed by atoms with Gasteiger partial charge < -0.3 is 4.98 Å². The van der Waals surface area contributed by atoms with Crippen molar-refractivity contribution < 1.29 is 4.39 Å². The summed E-state index contributed by atoms with van der Waals surface area (Å²) in [6, 6.07) is 1.57. The smallest absolute Gasteiger partial charge is 0.255 e. The van der Waals surface area contributed by atoms with Crippen molar-refractivity contribution in [1.82, 2.24) is 19.9 Å². The number of rotatable bonds is 2. The molecule has 1 aliphatic rings. The van der Waals surface area contributed by atoms with E-state index in [9.17, 15) is 9.18 Å². The van der Waals surface area contributed by atoms with Crippen molar-refractivity contribution >= 4 is 11.6 Å². The lowest BCUT2D eigenvalue weighted by Gasteiger charge is -2.27. The van der Waals surface area contributed by atoms with Crippen LogP contribution in [0.25, 0.3) is 0 Å². The third kappa shape index (κ3) is 2.96. The van der Waals surface area contributed by atoms with Crippen LogP contribution in [0.3, 0.4) is 0 Å². The monoisotopic (exact) mass is 308 g/mol. The highest BCUT2D eigenvalue weighted by Crippen LogP contribution is 2.19. The van der Waals surface area contributed by atoms with E-state index in [4.69, 9.17) is 11.6 Å². The van der Waals surface area contributed by atoms with Crippen molar-refractivity contribution in [2.24, 2.45) is 0 Å². The second-order valence-electron chi connectivity index (χ2n) is 5.14. The van der Waals surface area contributed by atoms with Crippen LogP contribution in [-0.4, -0.2) is 26.4 Å². The van der Waals surface area contributed by atoms with E-state index in [2.05, 4.69) is 15.0 Å². The molecule has 5 nitrogen and oxygen atoms in total. The lowest BCUT2D eigenvalue weighted by atomic mass is 10.1. The summed E-state index contributed by atoms with van der Waals surface area (Å²) in [6.45, 7) is 3.30. The van der Waals surface area contributed by atoms with Crippen LogP contribution in [0, 0.1) is 12.9 Å². The molecule has 0 bridgehead atoms. The van der Waals surface area contributed by atoms with E-state index in [0.29, 0.717) is 41.5 Å². The van der Waals surface area contributed by atoms with Crippen molar-refractivity contribution in [3.63, 3.8) is 0 Å². The molecule has 0 radical (unpaired) electrons. The number of nitrogens with one attached hydrogen (secondary N) is 1. The predicted octanol–water partition coefficient (Wildman–Crippen LogP) is 1.82. The maximum atomic E-state index is 13.7. The van der Waals surface area contributed by atoms with Crippen LogP contribution < -0.4 is 5.56 Å². The Morgan fingerprint density at radius 3 is 3.14 bits per heavy atom. The molecule has 0 spiro atoms. The van der Waals surface area contributed by atoms with Crippen LogP contribution in [0.15, 0.2) is 17.1 Å². The van der Waals surface area contributed by atoms with Crippen LogP contribution in [0.5, 0.6) is 0 Å². The zero-order valence-corrected chi connectivity index (χ0v) is 12.2. The normalized spacial score (nSPS) is 15.0. The Kier molecular flexibility index (Phi) is 3.73. The van der Waals surface area contributed by atoms with Gasteiger partial charge in [-0.15, -0.1) is 0 Å². The quantitative estimate of drug-likeness (QED) is 0.860. The SMILES string of the molecule is Cc1nc2c(c(=O)[nH]1)CN(Cc1cc(Cl)cnc1F)CC2. The highest BCUT2D eigenvalue weighted by atomic mass is 35.5. The van der Waals surface area contributed by atoms with Gasteiger partial charge >= 0.3 is 0 Å². The average molecular weight is 309 g/mol. The minimum atomic E-state index is -0.527. The summed E-state index contributed by atoms with van der Waals surface area (Å²) in [5.74, 6) is 0.0958. The van der Waals surface area contributed by atoms with E-state index in [1.807, 2.05) is 4.90 Å². The van der Waals surface area contributed by atoms with Gasteiger partial charge in [-0.25, -0.2) is 9.97 Å². The Labute approximate surface area is 125 Å². The van der Waals surface area contributed by atoms with Gasteiger partial charge in [-0.2, -0.15) is 4.39 Å². The summed E-state index contributed by atoms with van der Waals surface area (Å²) in [5.41, 5.74) is 1.80. The van der Waals surface area contributed by atoms with Crippen molar-refractivity contribution in [1.29, 1.82) is 0 Å². The first kappa shape index (κ1) is 14.2. The first-order valence-electron chi connectivity index (χ1n) is 6.64. The second-order valence-corrected chi connectivity index (χ2v) is 5.58. The molecule has 0 atom stereocenters. The number of aromatic amines is 1. The number of H-pyrrole nitrogens is 1. The molecule has 1 aliphatic heterocycles. The number of nitrogens with zero attached hydrogens (tertiary/aromatic N) is 3. The Bertz CT molecular complexity index is 746. The largest absolute Gasteiger partial charge is 0.310 e. The molecule has 0 aromatic carbocycles. The first-order valence-corrected chi connectivity index (χ1v) is 7.01. The number of halogens is 2. The van der Waals surface area contributed by atoms with Gasteiger partial charge in [-0.05, 0) is 13.0 Å². The Balaban J connectivity index is 1.83. The Morgan fingerprint density at radius 2 is 2.33 bits per heavy atom. The number of aryl methyl sites for hydroxylation is 1. The van der Waals surface area contributed by atoms with Crippen LogP contribution in [-0.2, 0) is 19.5 Å². The van der Waals surface area contributed by atoms with Gasteiger partial charge in [0.15, 0.2) is 0 Å². The molecule has 0 aliphatic carbocycles. The van der Waals surface area contributed by atoms with Crippen LogP contribution in [0.1, 0.15) is 22.6 Å². The van der Waals surface area contributed by atoms with E-state index in [-0.39, 0.29) is 5.56 Å². The lowest BCUT2D eigenvalue weighted by Crippen LogP contribution is -2.35. The summed E-state index contributed by atoms with van der Waals surface area (Å²) >= 11 is 5.85. The minimum Gasteiger partial charge on any atom is -0.310 e. The second kappa shape index (κ2) is 5.54. The van der Waals surface area contributed by atoms with Crippen molar-refractivity contribution in [2.45, 2.75) is 26.4 Å². The summed E-state index contributed by atoms with van der Waals surface area (Å²) in [5, 5.41) is 0.402. The zero-order valence-electron chi connectivity index (χ0n) is 11.5. The lowest BCUT2D eigenvalue weighted by molar-refractivity contribution is 0.237. The number of hydrogen-bond acceptors (Lipinski definition) is 4. The standard InChI is InChI=1S/C14H14ClFN4O/c1-8-18-12-2-3-20(7-11(12)14(21)19-8)6-9-4-10(15)5-17-13(9)16/h4-5H,2-3,6-7H2,1H3,(H,18,19,21). The molecule has 0 amide bonds. The van der Waals surface area contributed by atoms with E-state index >= 15 is 0 Å². The van der Waals surface area contributed by atoms with Crippen LogP contribution in [0.4, 0.5) is 4.39 Å². The zero-order chi connectivity index (χ0) is 15.0. The van der Waals surface area contributed by atoms with Crippen molar-refractivity contribution in [2.75, 3.05) is 6.54 Å². The van der Waals surface area contributed by atoms with Gasteiger partial charge in [0.2, 0.25) is 5.95 Å². The van der Waals surface area contributed by atoms with Gasteiger partial charge in [0.25, 0.3) is 5.56 Å². The molecule has 0 saturated heterocycles. The molecule has 2 aromatic rings. The van der Waals surface area contributed by atoms with Gasteiger partial charge in [-0.3, -0.25) is 9.69 Å². The molecule has 0 unspecified atom stereocenters. The molecule has 2 aromatic heterocycles. The Hall–Kier alpha value is -1.79. The molecule has 110 valence electrons. The molecule has 21 heavy (non-hydrogen) atoms. The van der Waals surface area contributed by atoms with Gasteiger partial charge in [0, 0.05) is 37.8 Å². The molecule has 3 rings (SSSR count). The fourth-order valence-corrected chi connectivity index (χ4v) is 2.74. The number of fused-ring (bicyclic) bond motifs is 1. The van der Waals surface area contributed by atoms with Crippen molar-refractivity contribution in [3.05, 3.63) is 56.2 Å². The fourth-order valence-electron chi connectivity index (χ4n) is 2.56. The maximum absolute atomic E-state index is 13.7. The van der Waals surface area contributed by atoms with Gasteiger partial charge in [0.05, 0.1) is 16.3 Å². The fraction of sp³-hybridized carbons (Fsp3) is 0.357. The highest BCUT2D eigenvalue weighted by Gasteiger charge is 2.21. The number of hydrogen-bond donors (Lipinski definition) is 1. The van der Waals surface area contributed by atoms with E-state index in [1.165, 1.54) is 6.20 Å². The topological polar surface area (TPSA) is 61.9 Å². The van der Waals surface area contributed by atoms with E-state index in [0.717, 1.165) is 12.2 Å². The molecule has 0 fully saturated rings. The molecular formula is C14H14ClFN4O. The van der Waals surface area contributed by atoms with Crippen molar-refractivity contribution in [3.8, 4) is 0 Å². The van der Waals surface area contributed by atoms with Gasteiger partial charge in [0.1, 0.15) is 5.82 Å². The first-order chi connectivity index (χ1) is 10.0. The summed E-state index contributed by atoms with van der Waals surface area (Å²) in [7, 11) is 0. The molecule has 3 heterocycles. The number of aromatic nitrogens is 3. The molecule has 7 heteroatoms. The van der Waals surface area contributed by atoms with Crippen LogP contribution in [0.2, 0.25) is 5.02 Å². The maximum Gasteiger partial charge on any atom is 0.255 e. The van der Waals surface area contributed by atoms with E-state index in [1.54, 1.807) is 13.0 Å². The Morgan fingerprint density at radius 1 is 1.52 bits per heavy atom. The predicted molar refractivity (Wildman–Crippen MR) is 76.6 cm³/mol. The third-order valence-corrected chi connectivity index (χ3v) is 3.75. The third-order valence-electron chi connectivity index (χ3n) is 3.54.